The molecule has 2 aromatic carbocycles. The van der Waals surface area contributed by atoms with Crippen LogP contribution in [-0.2, 0) is 6.54 Å². The molecule has 0 spiro atoms. The monoisotopic (exact) mass is 399 g/mol. The van der Waals surface area contributed by atoms with Crippen LogP contribution in [0.15, 0.2) is 76.9 Å². The number of ether oxygens (including phenoxy) is 2. The minimum Gasteiger partial charge on any atom is -0.496 e. The standard InChI is InChI=1S/C24H21N3O3/c1-15-12-20-22(24(28)27(15)14-17-10-6-7-11-19(17)29-2)21(16-8-4-3-5-9-16)18(13-25)23(26)30-20/h3-12,21H,14,26H2,1-2H3. The fraction of sp³-hybridized carbons (Fsp3) is 0.167. The summed E-state index contributed by atoms with van der Waals surface area (Å²) >= 11 is 0. The topological polar surface area (TPSA) is 90.3 Å². The van der Waals surface area contributed by atoms with Crippen molar-refractivity contribution in [2.75, 3.05) is 7.11 Å². The van der Waals surface area contributed by atoms with Gasteiger partial charge in [-0.15, -0.1) is 0 Å². The van der Waals surface area contributed by atoms with Crippen LogP contribution in [0.2, 0.25) is 0 Å². The van der Waals surface area contributed by atoms with Crippen molar-refractivity contribution in [1.82, 2.24) is 4.57 Å². The molecule has 0 fully saturated rings. The number of benzene rings is 2. The first kappa shape index (κ1) is 19.3. The van der Waals surface area contributed by atoms with Gasteiger partial charge in [0.1, 0.15) is 23.1 Å². The van der Waals surface area contributed by atoms with Gasteiger partial charge < -0.3 is 19.8 Å². The molecule has 1 unspecified atom stereocenters. The van der Waals surface area contributed by atoms with Crippen molar-refractivity contribution in [3.8, 4) is 17.6 Å². The first-order valence-corrected chi connectivity index (χ1v) is 9.54. The summed E-state index contributed by atoms with van der Waals surface area (Å²) in [6.45, 7) is 2.18. The van der Waals surface area contributed by atoms with Crippen molar-refractivity contribution < 1.29 is 9.47 Å². The highest BCUT2D eigenvalue weighted by Crippen LogP contribution is 2.40. The van der Waals surface area contributed by atoms with Crippen LogP contribution in [0.5, 0.6) is 11.5 Å². The Bertz CT molecular complexity index is 1240. The van der Waals surface area contributed by atoms with Crippen LogP contribution < -0.4 is 20.8 Å². The summed E-state index contributed by atoms with van der Waals surface area (Å²) in [6, 6.07) is 20.9. The number of allylic oxidation sites excluding steroid dienone is 1. The van der Waals surface area contributed by atoms with E-state index in [0.717, 1.165) is 16.8 Å². The highest BCUT2D eigenvalue weighted by Gasteiger charge is 2.34. The lowest BCUT2D eigenvalue weighted by molar-refractivity contribution is 0.388. The number of nitriles is 1. The first-order chi connectivity index (χ1) is 14.5. The summed E-state index contributed by atoms with van der Waals surface area (Å²) in [4.78, 5) is 13.7. The average Bonchev–Trinajstić information content (AvgIpc) is 2.76. The zero-order valence-electron chi connectivity index (χ0n) is 16.8. The van der Waals surface area contributed by atoms with E-state index in [0.29, 0.717) is 23.6 Å². The van der Waals surface area contributed by atoms with Gasteiger partial charge in [0.25, 0.3) is 5.56 Å². The number of aryl methyl sites for hydroxylation is 1. The third-order valence-electron chi connectivity index (χ3n) is 5.34. The molecule has 0 radical (unpaired) electrons. The maximum absolute atomic E-state index is 13.7. The smallest absolute Gasteiger partial charge is 0.259 e. The van der Waals surface area contributed by atoms with Gasteiger partial charge in [0.15, 0.2) is 0 Å². The zero-order chi connectivity index (χ0) is 21.3. The van der Waals surface area contributed by atoms with Crippen molar-refractivity contribution >= 4 is 0 Å². The summed E-state index contributed by atoms with van der Waals surface area (Å²) in [5.74, 6) is 0.537. The van der Waals surface area contributed by atoms with Gasteiger partial charge in [0.2, 0.25) is 5.88 Å². The van der Waals surface area contributed by atoms with E-state index in [1.807, 2.05) is 61.5 Å². The molecule has 150 valence electrons. The average molecular weight is 399 g/mol. The molecule has 1 atom stereocenters. The minimum atomic E-state index is -0.586. The Labute approximate surface area is 174 Å². The summed E-state index contributed by atoms with van der Waals surface area (Å²) in [5.41, 5.74) is 8.89. The fourth-order valence-corrected chi connectivity index (χ4v) is 3.87. The Morgan fingerprint density at radius 3 is 2.57 bits per heavy atom. The molecule has 0 bridgehead atoms. The van der Waals surface area contributed by atoms with Crippen LogP contribution in [0.1, 0.15) is 28.3 Å². The van der Waals surface area contributed by atoms with Crippen molar-refractivity contribution in [3.05, 3.63) is 105 Å². The van der Waals surface area contributed by atoms with Crippen molar-refractivity contribution in [2.24, 2.45) is 5.73 Å². The van der Waals surface area contributed by atoms with Crippen molar-refractivity contribution in [2.45, 2.75) is 19.4 Å². The number of methoxy groups -OCH3 is 1. The number of hydrogen-bond acceptors (Lipinski definition) is 5. The van der Waals surface area contributed by atoms with Crippen molar-refractivity contribution in [3.63, 3.8) is 0 Å². The quantitative estimate of drug-likeness (QED) is 0.726. The van der Waals surface area contributed by atoms with E-state index in [2.05, 4.69) is 6.07 Å². The second-order valence-corrected chi connectivity index (χ2v) is 7.10. The molecule has 30 heavy (non-hydrogen) atoms. The molecule has 0 aliphatic carbocycles. The van der Waals surface area contributed by atoms with Crippen LogP contribution in [0.4, 0.5) is 0 Å². The molecule has 0 saturated carbocycles. The van der Waals surface area contributed by atoms with Gasteiger partial charge >= 0.3 is 0 Å². The molecule has 2 heterocycles. The third kappa shape index (κ3) is 3.20. The Hall–Kier alpha value is -3.98. The normalized spacial score (nSPS) is 15.2. The number of hydrogen-bond donors (Lipinski definition) is 1. The highest BCUT2D eigenvalue weighted by molar-refractivity contribution is 5.55. The summed E-state index contributed by atoms with van der Waals surface area (Å²) in [7, 11) is 1.60. The number of nitrogens with zero attached hydrogens (tertiary/aromatic N) is 2. The molecule has 0 amide bonds. The summed E-state index contributed by atoms with van der Waals surface area (Å²) < 4.78 is 12.8. The van der Waals surface area contributed by atoms with E-state index >= 15 is 0 Å². The third-order valence-corrected chi connectivity index (χ3v) is 5.34. The molecule has 2 N–H and O–H groups in total. The second-order valence-electron chi connectivity index (χ2n) is 7.10. The molecular weight excluding hydrogens is 378 g/mol. The number of nitrogens with two attached hydrogens (primary N) is 1. The highest BCUT2D eigenvalue weighted by atomic mass is 16.5. The van der Waals surface area contributed by atoms with Gasteiger partial charge in [-0.25, -0.2) is 0 Å². The zero-order valence-corrected chi connectivity index (χ0v) is 16.8. The summed E-state index contributed by atoms with van der Waals surface area (Å²) in [6.07, 6.45) is 0. The van der Waals surface area contributed by atoms with Crippen LogP contribution in [0.3, 0.4) is 0 Å². The fourth-order valence-electron chi connectivity index (χ4n) is 3.87. The van der Waals surface area contributed by atoms with E-state index < -0.39 is 5.92 Å². The molecular formula is C24H21N3O3. The van der Waals surface area contributed by atoms with Gasteiger partial charge in [-0.1, -0.05) is 48.5 Å². The van der Waals surface area contributed by atoms with E-state index in [1.165, 1.54) is 0 Å². The molecule has 6 heteroatoms. The van der Waals surface area contributed by atoms with Gasteiger partial charge in [0.05, 0.1) is 25.1 Å². The number of pyridine rings is 1. The lowest BCUT2D eigenvalue weighted by Gasteiger charge is -2.27. The second kappa shape index (κ2) is 7.80. The van der Waals surface area contributed by atoms with Gasteiger partial charge in [0, 0.05) is 17.3 Å². The predicted octanol–water partition coefficient (Wildman–Crippen LogP) is 3.43. The molecule has 4 rings (SSSR count). The van der Waals surface area contributed by atoms with E-state index in [1.54, 1.807) is 17.7 Å². The minimum absolute atomic E-state index is 0.0279. The Kier molecular flexibility index (Phi) is 5.03. The number of rotatable bonds is 4. The molecule has 1 aromatic heterocycles. The number of aromatic nitrogens is 1. The predicted molar refractivity (Wildman–Crippen MR) is 113 cm³/mol. The van der Waals surface area contributed by atoms with Gasteiger partial charge in [-0.2, -0.15) is 5.26 Å². The van der Waals surface area contributed by atoms with E-state index in [-0.39, 0.29) is 17.0 Å². The lowest BCUT2D eigenvalue weighted by atomic mass is 9.84. The largest absolute Gasteiger partial charge is 0.496 e. The van der Waals surface area contributed by atoms with Crippen molar-refractivity contribution in [1.29, 1.82) is 5.26 Å². The van der Waals surface area contributed by atoms with Crippen LogP contribution in [0, 0.1) is 18.3 Å². The van der Waals surface area contributed by atoms with E-state index in [9.17, 15) is 10.1 Å². The van der Waals surface area contributed by atoms with Crippen LogP contribution in [-0.4, -0.2) is 11.7 Å². The molecule has 1 aliphatic rings. The Balaban J connectivity index is 1.92. The number of fused-ring (bicyclic) bond motifs is 1. The maximum atomic E-state index is 13.7. The molecule has 6 nitrogen and oxygen atoms in total. The summed E-state index contributed by atoms with van der Waals surface area (Å²) in [5, 5.41) is 9.74. The lowest BCUT2D eigenvalue weighted by Crippen LogP contribution is -2.33. The molecule has 1 aliphatic heterocycles. The van der Waals surface area contributed by atoms with Crippen LogP contribution >= 0.6 is 0 Å². The van der Waals surface area contributed by atoms with E-state index in [4.69, 9.17) is 15.2 Å². The number of para-hydroxylation sites is 1. The Morgan fingerprint density at radius 1 is 1.17 bits per heavy atom. The molecule has 0 saturated heterocycles. The maximum Gasteiger partial charge on any atom is 0.259 e. The van der Waals surface area contributed by atoms with Gasteiger partial charge in [-0.3, -0.25) is 4.79 Å². The van der Waals surface area contributed by atoms with Crippen LogP contribution in [0.25, 0.3) is 0 Å². The SMILES string of the molecule is COc1ccccc1Cn1c(C)cc2c(c1=O)C(c1ccccc1)C(C#N)=C(N)O2. The van der Waals surface area contributed by atoms with Gasteiger partial charge in [-0.05, 0) is 18.6 Å². The first-order valence-electron chi connectivity index (χ1n) is 9.54. The molecule has 3 aromatic rings. The Morgan fingerprint density at radius 2 is 1.87 bits per heavy atom.